The van der Waals surface area contributed by atoms with Crippen LogP contribution in [0.5, 0.6) is 0 Å². The van der Waals surface area contributed by atoms with Crippen LogP contribution in [-0.4, -0.2) is 37.8 Å². The fraction of sp³-hybridized carbons (Fsp3) is 0.467. The van der Waals surface area contributed by atoms with Crippen LogP contribution in [0.2, 0.25) is 0 Å². The molecule has 0 amide bonds. The highest BCUT2D eigenvalue weighted by Crippen LogP contribution is 2.29. The summed E-state index contributed by atoms with van der Waals surface area (Å²) in [5.74, 6) is -0.274. The first kappa shape index (κ1) is 16.2. The molecule has 0 spiro atoms. The van der Waals surface area contributed by atoms with E-state index in [0.29, 0.717) is 30.6 Å². The summed E-state index contributed by atoms with van der Waals surface area (Å²) in [6, 6.07) is 0. The summed E-state index contributed by atoms with van der Waals surface area (Å²) in [7, 11) is 0. The van der Waals surface area contributed by atoms with E-state index in [0.717, 1.165) is 0 Å². The Kier molecular flexibility index (Phi) is 4.34. The van der Waals surface area contributed by atoms with Gasteiger partial charge in [0.25, 0.3) is 0 Å². The second kappa shape index (κ2) is 6.44. The van der Waals surface area contributed by atoms with E-state index in [1.54, 1.807) is 6.08 Å². The zero-order chi connectivity index (χ0) is 17.3. The van der Waals surface area contributed by atoms with Gasteiger partial charge in [0.15, 0.2) is 5.65 Å². The highest BCUT2D eigenvalue weighted by molar-refractivity contribution is 5.72. The normalized spacial score (nSPS) is 20.4. The monoisotopic (exact) mass is 333 g/mol. The van der Waals surface area contributed by atoms with Gasteiger partial charge in [-0.15, -0.1) is 6.58 Å². The molecule has 1 saturated heterocycles. The van der Waals surface area contributed by atoms with E-state index in [1.165, 1.54) is 22.3 Å². The lowest BCUT2D eigenvalue weighted by Gasteiger charge is -2.14. The highest BCUT2D eigenvalue weighted by Gasteiger charge is 2.31. The SMILES string of the molecule is C=CCn1c(=O)n([C@H]2CC[C@@H](COC(C)=O)O2)c2nc(N)ncc21. The molecule has 2 N–H and O–H groups in total. The van der Waals surface area contributed by atoms with Gasteiger partial charge in [0.1, 0.15) is 18.4 Å². The van der Waals surface area contributed by atoms with Crippen molar-refractivity contribution in [2.45, 2.75) is 38.6 Å². The second-order valence-electron chi connectivity index (χ2n) is 5.58. The molecule has 9 nitrogen and oxygen atoms in total. The molecule has 3 rings (SSSR count). The molecule has 0 radical (unpaired) electrons. The van der Waals surface area contributed by atoms with Crippen molar-refractivity contribution in [3.05, 3.63) is 29.3 Å². The van der Waals surface area contributed by atoms with E-state index in [-0.39, 0.29) is 30.3 Å². The van der Waals surface area contributed by atoms with Crippen LogP contribution in [0, 0.1) is 0 Å². The minimum atomic E-state index is -0.485. The fourth-order valence-electron chi connectivity index (χ4n) is 2.85. The Labute approximate surface area is 137 Å². The van der Waals surface area contributed by atoms with Crippen LogP contribution in [0.15, 0.2) is 23.6 Å². The zero-order valence-corrected chi connectivity index (χ0v) is 13.3. The Bertz CT molecular complexity index is 840. The van der Waals surface area contributed by atoms with Crippen LogP contribution in [-0.2, 0) is 20.8 Å². The Balaban J connectivity index is 1.96. The minimum Gasteiger partial charge on any atom is -0.463 e. The number of ether oxygens (including phenoxy) is 2. The van der Waals surface area contributed by atoms with Crippen molar-refractivity contribution < 1.29 is 14.3 Å². The Hall–Kier alpha value is -2.68. The predicted molar refractivity (Wildman–Crippen MR) is 86.2 cm³/mol. The van der Waals surface area contributed by atoms with Gasteiger partial charge in [0.05, 0.1) is 12.3 Å². The highest BCUT2D eigenvalue weighted by atomic mass is 16.6. The summed E-state index contributed by atoms with van der Waals surface area (Å²) in [5.41, 5.74) is 6.40. The number of hydrogen-bond donors (Lipinski definition) is 1. The largest absolute Gasteiger partial charge is 0.463 e. The third-order valence-corrected chi connectivity index (χ3v) is 3.88. The maximum absolute atomic E-state index is 12.8. The van der Waals surface area contributed by atoms with Crippen LogP contribution in [0.3, 0.4) is 0 Å². The van der Waals surface area contributed by atoms with Gasteiger partial charge in [-0.3, -0.25) is 9.36 Å². The number of nitrogen functional groups attached to an aromatic ring is 1. The number of carbonyl (C=O) groups is 1. The van der Waals surface area contributed by atoms with Crippen molar-refractivity contribution in [1.82, 2.24) is 19.1 Å². The smallest absolute Gasteiger partial charge is 0.332 e. The number of fused-ring (bicyclic) bond motifs is 1. The molecular weight excluding hydrogens is 314 g/mol. The Morgan fingerprint density at radius 2 is 2.38 bits per heavy atom. The van der Waals surface area contributed by atoms with E-state index < -0.39 is 6.23 Å². The number of carbonyl (C=O) groups excluding carboxylic acids is 1. The van der Waals surface area contributed by atoms with Gasteiger partial charge in [-0.1, -0.05) is 6.08 Å². The average molecular weight is 333 g/mol. The first-order chi connectivity index (χ1) is 11.5. The number of allylic oxidation sites excluding steroid dienone is 1. The molecule has 1 aliphatic heterocycles. The first-order valence-electron chi connectivity index (χ1n) is 7.64. The number of rotatable bonds is 5. The summed E-state index contributed by atoms with van der Waals surface area (Å²) in [4.78, 5) is 31.8. The van der Waals surface area contributed by atoms with Crippen molar-refractivity contribution in [3.63, 3.8) is 0 Å². The van der Waals surface area contributed by atoms with Gasteiger partial charge < -0.3 is 15.2 Å². The molecule has 0 bridgehead atoms. The molecule has 0 aliphatic carbocycles. The fourth-order valence-corrected chi connectivity index (χ4v) is 2.85. The minimum absolute atomic E-state index is 0.0847. The third-order valence-electron chi connectivity index (χ3n) is 3.88. The maximum Gasteiger partial charge on any atom is 0.332 e. The first-order valence-corrected chi connectivity index (χ1v) is 7.64. The Morgan fingerprint density at radius 1 is 1.58 bits per heavy atom. The van der Waals surface area contributed by atoms with Gasteiger partial charge in [0, 0.05) is 13.5 Å². The topological polar surface area (TPSA) is 114 Å². The second-order valence-corrected chi connectivity index (χ2v) is 5.58. The third kappa shape index (κ3) is 2.90. The quantitative estimate of drug-likeness (QED) is 0.629. The molecule has 9 heteroatoms. The number of aromatic nitrogens is 4. The predicted octanol–water partition coefficient (Wildman–Crippen LogP) is 0.602. The van der Waals surface area contributed by atoms with E-state index in [1.807, 2.05) is 0 Å². The molecule has 0 saturated carbocycles. The van der Waals surface area contributed by atoms with Gasteiger partial charge in [-0.25, -0.2) is 14.3 Å². The number of nitrogens with two attached hydrogens (primary N) is 1. The summed E-state index contributed by atoms with van der Waals surface area (Å²) in [5, 5.41) is 0. The molecule has 1 aliphatic rings. The summed E-state index contributed by atoms with van der Waals surface area (Å²) in [6.45, 7) is 5.52. The van der Waals surface area contributed by atoms with E-state index >= 15 is 0 Å². The summed E-state index contributed by atoms with van der Waals surface area (Å²) in [6.07, 6.45) is 3.70. The molecule has 2 aromatic heterocycles. The molecule has 0 aromatic carbocycles. The maximum atomic E-state index is 12.8. The van der Waals surface area contributed by atoms with Crippen molar-refractivity contribution >= 4 is 23.1 Å². The van der Waals surface area contributed by atoms with Crippen molar-refractivity contribution in [1.29, 1.82) is 0 Å². The molecule has 24 heavy (non-hydrogen) atoms. The van der Waals surface area contributed by atoms with Crippen molar-refractivity contribution in [3.8, 4) is 0 Å². The van der Waals surface area contributed by atoms with E-state index in [9.17, 15) is 9.59 Å². The zero-order valence-electron chi connectivity index (χ0n) is 13.3. The molecule has 2 aromatic rings. The van der Waals surface area contributed by atoms with Crippen molar-refractivity contribution in [2.75, 3.05) is 12.3 Å². The molecule has 2 atom stereocenters. The molecule has 128 valence electrons. The van der Waals surface area contributed by atoms with Crippen LogP contribution < -0.4 is 11.4 Å². The lowest BCUT2D eigenvalue weighted by molar-refractivity contribution is -0.145. The Morgan fingerprint density at radius 3 is 3.08 bits per heavy atom. The van der Waals surface area contributed by atoms with Gasteiger partial charge in [-0.05, 0) is 12.8 Å². The van der Waals surface area contributed by atoms with Crippen LogP contribution in [0.4, 0.5) is 5.95 Å². The average Bonchev–Trinajstić information content (AvgIpc) is 3.09. The summed E-state index contributed by atoms with van der Waals surface area (Å²) < 4.78 is 13.8. The number of hydrogen-bond acceptors (Lipinski definition) is 7. The molecule has 3 heterocycles. The van der Waals surface area contributed by atoms with Gasteiger partial charge in [0.2, 0.25) is 5.95 Å². The van der Waals surface area contributed by atoms with E-state index in [2.05, 4.69) is 16.5 Å². The standard InChI is InChI=1S/C15H19N5O4/c1-3-6-19-11-7-17-14(16)18-13(11)20(15(19)22)12-5-4-10(24-12)8-23-9(2)21/h3,7,10,12H,1,4-6,8H2,2H3,(H2,16,17,18)/t10-,12+/m0/s1. The molecule has 1 fully saturated rings. The van der Waals surface area contributed by atoms with Crippen molar-refractivity contribution in [2.24, 2.45) is 0 Å². The van der Waals surface area contributed by atoms with Crippen LogP contribution in [0.25, 0.3) is 11.2 Å². The lowest BCUT2D eigenvalue weighted by atomic mass is 10.2. The molecular formula is C15H19N5O4. The number of esters is 1. The lowest BCUT2D eigenvalue weighted by Crippen LogP contribution is -2.28. The number of anilines is 1. The number of nitrogens with zero attached hydrogens (tertiary/aromatic N) is 4. The number of imidazole rings is 1. The van der Waals surface area contributed by atoms with E-state index in [4.69, 9.17) is 15.2 Å². The van der Waals surface area contributed by atoms with Crippen LogP contribution in [0.1, 0.15) is 26.0 Å². The summed E-state index contributed by atoms with van der Waals surface area (Å²) >= 11 is 0. The van der Waals surface area contributed by atoms with Gasteiger partial charge in [-0.2, -0.15) is 4.98 Å². The van der Waals surface area contributed by atoms with Crippen LogP contribution >= 0.6 is 0 Å². The van der Waals surface area contributed by atoms with Gasteiger partial charge >= 0.3 is 11.7 Å². The molecule has 0 unspecified atom stereocenters.